The molecule has 2 aliphatic heterocycles. The molecule has 0 spiro atoms. The molecular formula is C29H36N4O4. The van der Waals surface area contributed by atoms with E-state index in [4.69, 9.17) is 14.0 Å². The Hall–Kier alpha value is -3.52. The van der Waals surface area contributed by atoms with Gasteiger partial charge < -0.3 is 29.1 Å². The molecule has 1 aromatic heterocycles. The van der Waals surface area contributed by atoms with Crippen LogP contribution in [0.1, 0.15) is 18.5 Å². The summed E-state index contributed by atoms with van der Waals surface area (Å²) in [4.78, 5) is 17.6. The quantitative estimate of drug-likeness (QED) is 0.499. The molecule has 1 N–H and O–H groups in total. The van der Waals surface area contributed by atoms with Crippen LogP contribution in [0.3, 0.4) is 0 Å². The van der Waals surface area contributed by atoms with Gasteiger partial charge in [0, 0.05) is 44.2 Å². The summed E-state index contributed by atoms with van der Waals surface area (Å²) in [7, 11) is 3.36. The van der Waals surface area contributed by atoms with E-state index < -0.39 is 0 Å². The van der Waals surface area contributed by atoms with E-state index in [1.807, 2.05) is 53.4 Å². The lowest BCUT2D eigenvalue weighted by Crippen LogP contribution is -2.50. The number of piperazine rings is 1. The lowest BCUT2D eigenvalue weighted by Gasteiger charge is -2.38. The van der Waals surface area contributed by atoms with Crippen molar-refractivity contribution >= 4 is 11.6 Å². The van der Waals surface area contributed by atoms with E-state index in [9.17, 15) is 4.79 Å². The molecule has 196 valence electrons. The fourth-order valence-corrected chi connectivity index (χ4v) is 5.49. The van der Waals surface area contributed by atoms with Crippen molar-refractivity contribution < 1.29 is 18.8 Å². The number of ether oxygens (including phenoxy) is 2. The molecule has 2 aliphatic rings. The van der Waals surface area contributed by atoms with Crippen molar-refractivity contribution in [2.24, 2.45) is 11.8 Å². The Morgan fingerprint density at radius 3 is 2.57 bits per heavy atom. The number of benzene rings is 2. The van der Waals surface area contributed by atoms with Crippen LogP contribution in [0.4, 0.5) is 5.69 Å². The second-order valence-electron chi connectivity index (χ2n) is 9.87. The van der Waals surface area contributed by atoms with Gasteiger partial charge in [0.25, 0.3) is 0 Å². The molecule has 8 heteroatoms. The number of hydrogen-bond acceptors (Lipinski definition) is 7. The number of nitrogens with one attached hydrogen (secondary N) is 1. The zero-order chi connectivity index (χ0) is 25.6. The lowest BCUT2D eigenvalue weighted by atomic mass is 9.81. The molecule has 2 fully saturated rings. The number of nitrogens with zero attached hydrogens (tertiary/aromatic N) is 3. The summed E-state index contributed by atoms with van der Waals surface area (Å²) in [5.74, 6) is 3.38. The number of carbonyl (C=O) groups is 1. The third-order valence-electron chi connectivity index (χ3n) is 7.66. The first-order chi connectivity index (χ1) is 18.1. The normalized spacial score (nSPS) is 20.1. The van der Waals surface area contributed by atoms with Crippen LogP contribution in [0, 0.1) is 11.8 Å². The van der Waals surface area contributed by atoms with Gasteiger partial charge >= 0.3 is 0 Å². The number of methoxy groups -OCH3 is 2. The van der Waals surface area contributed by atoms with Crippen molar-refractivity contribution in [2.45, 2.75) is 19.3 Å². The molecule has 2 saturated heterocycles. The average Bonchev–Trinajstić information content (AvgIpc) is 3.42. The van der Waals surface area contributed by atoms with Gasteiger partial charge in [0.15, 0.2) is 5.76 Å². The van der Waals surface area contributed by atoms with Gasteiger partial charge in [-0.05, 0) is 74.2 Å². The molecule has 8 nitrogen and oxygen atoms in total. The topological polar surface area (TPSA) is 80.1 Å². The van der Waals surface area contributed by atoms with Crippen LogP contribution < -0.4 is 19.7 Å². The van der Waals surface area contributed by atoms with Gasteiger partial charge in [-0.3, -0.25) is 4.79 Å². The fourth-order valence-electron chi connectivity index (χ4n) is 5.49. The Labute approximate surface area is 218 Å². The molecule has 3 aromatic rings. The molecule has 1 amide bonds. The predicted octanol–water partition coefficient (Wildman–Crippen LogP) is 3.87. The van der Waals surface area contributed by atoms with E-state index in [-0.39, 0.29) is 5.91 Å². The zero-order valence-corrected chi connectivity index (χ0v) is 21.7. The van der Waals surface area contributed by atoms with Crippen molar-refractivity contribution in [1.29, 1.82) is 0 Å². The number of piperidine rings is 1. The smallest absolute Gasteiger partial charge is 0.222 e. The molecule has 0 bridgehead atoms. The predicted molar refractivity (Wildman–Crippen MR) is 143 cm³/mol. The van der Waals surface area contributed by atoms with Crippen LogP contribution in [0.15, 0.2) is 59.1 Å². The van der Waals surface area contributed by atoms with Crippen molar-refractivity contribution in [3.05, 3.63) is 60.3 Å². The van der Waals surface area contributed by atoms with Crippen LogP contribution >= 0.6 is 0 Å². The molecule has 37 heavy (non-hydrogen) atoms. The monoisotopic (exact) mass is 504 g/mol. The highest BCUT2D eigenvalue weighted by Gasteiger charge is 2.31. The van der Waals surface area contributed by atoms with Crippen LogP contribution in [0.25, 0.3) is 11.3 Å². The van der Waals surface area contributed by atoms with Crippen LogP contribution in [0.5, 0.6) is 11.5 Å². The summed E-state index contributed by atoms with van der Waals surface area (Å²) in [6.07, 6.45) is 2.39. The molecular weight excluding hydrogens is 468 g/mol. The second kappa shape index (κ2) is 11.7. The Bertz CT molecular complexity index is 1170. The van der Waals surface area contributed by atoms with Crippen molar-refractivity contribution in [1.82, 2.24) is 15.4 Å². The molecule has 5 rings (SSSR count). The number of amides is 1. The van der Waals surface area contributed by atoms with Crippen molar-refractivity contribution in [2.75, 3.05) is 58.4 Å². The first kappa shape index (κ1) is 25.1. The highest BCUT2D eigenvalue weighted by atomic mass is 16.5. The minimum atomic E-state index is 0.260. The van der Waals surface area contributed by atoms with Gasteiger partial charge in [-0.1, -0.05) is 17.3 Å². The van der Waals surface area contributed by atoms with E-state index >= 15 is 0 Å². The summed E-state index contributed by atoms with van der Waals surface area (Å²) < 4.78 is 16.4. The van der Waals surface area contributed by atoms with Gasteiger partial charge in [0.2, 0.25) is 5.91 Å². The maximum absolute atomic E-state index is 13.3. The number of carbonyl (C=O) groups excluding carboxylic acids is 1. The van der Waals surface area contributed by atoms with Gasteiger partial charge in [-0.25, -0.2) is 0 Å². The third kappa shape index (κ3) is 5.91. The van der Waals surface area contributed by atoms with Gasteiger partial charge in [-0.15, -0.1) is 0 Å². The summed E-state index contributed by atoms with van der Waals surface area (Å²) in [5, 5.41) is 7.85. The zero-order valence-electron chi connectivity index (χ0n) is 21.7. The lowest BCUT2D eigenvalue weighted by molar-refractivity contribution is -0.133. The van der Waals surface area contributed by atoms with E-state index in [1.54, 1.807) is 14.2 Å². The maximum Gasteiger partial charge on any atom is 0.222 e. The molecule has 0 aliphatic carbocycles. The minimum Gasteiger partial charge on any atom is -0.497 e. The van der Waals surface area contributed by atoms with Gasteiger partial charge in [0.1, 0.15) is 11.5 Å². The SMILES string of the molecule is COc1ccc(-c2cc(C[C@@H]3CNCC[C@H]3CC(=O)N3CCN(c4ccccc4OC)CC3)no2)cc1. The summed E-state index contributed by atoms with van der Waals surface area (Å²) >= 11 is 0. The number of rotatable bonds is 8. The standard InChI is InChI=1S/C29H36N4O4/c1-35-25-9-7-21(8-10-25)28-19-24(31-37-28)17-23-20-30-12-11-22(23)18-29(34)33-15-13-32(14-16-33)26-5-3-4-6-27(26)36-2/h3-10,19,22-23,30H,11-18,20H2,1-2H3/t22-,23+/m0/s1. The Kier molecular flexibility index (Phi) is 7.94. The third-order valence-corrected chi connectivity index (χ3v) is 7.66. The number of hydrogen-bond donors (Lipinski definition) is 1. The molecule has 0 saturated carbocycles. The Morgan fingerprint density at radius 2 is 1.81 bits per heavy atom. The molecule has 2 aromatic carbocycles. The van der Waals surface area contributed by atoms with Crippen LogP contribution in [-0.2, 0) is 11.2 Å². The van der Waals surface area contributed by atoms with Gasteiger partial charge in [0.05, 0.1) is 25.6 Å². The number of para-hydroxylation sites is 2. The van der Waals surface area contributed by atoms with E-state index in [2.05, 4.69) is 21.4 Å². The summed E-state index contributed by atoms with van der Waals surface area (Å²) in [5.41, 5.74) is 3.00. The average molecular weight is 505 g/mol. The highest BCUT2D eigenvalue weighted by molar-refractivity contribution is 5.77. The number of aromatic nitrogens is 1. The maximum atomic E-state index is 13.3. The van der Waals surface area contributed by atoms with E-state index in [0.29, 0.717) is 18.3 Å². The Morgan fingerprint density at radius 1 is 1.03 bits per heavy atom. The fraction of sp³-hybridized carbons (Fsp3) is 0.448. The van der Waals surface area contributed by atoms with E-state index in [1.165, 1.54) is 0 Å². The minimum absolute atomic E-state index is 0.260. The summed E-state index contributed by atoms with van der Waals surface area (Å²) in [6.45, 7) is 4.95. The summed E-state index contributed by atoms with van der Waals surface area (Å²) in [6, 6.07) is 17.9. The van der Waals surface area contributed by atoms with Crippen molar-refractivity contribution in [3.63, 3.8) is 0 Å². The number of anilines is 1. The second-order valence-corrected chi connectivity index (χ2v) is 9.87. The van der Waals surface area contributed by atoms with Gasteiger partial charge in [-0.2, -0.15) is 0 Å². The molecule has 0 radical (unpaired) electrons. The Balaban J connectivity index is 1.17. The highest BCUT2D eigenvalue weighted by Crippen LogP contribution is 2.31. The van der Waals surface area contributed by atoms with Crippen molar-refractivity contribution in [3.8, 4) is 22.8 Å². The first-order valence-electron chi connectivity index (χ1n) is 13.1. The molecule has 3 heterocycles. The van der Waals surface area contributed by atoms with Crippen LogP contribution in [-0.4, -0.2) is 69.5 Å². The molecule has 2 atom stereocenters. The first-order valence-corrected chi connectivity index (χ1v) is 13.1. The van der Waals surface area contributed by atoms with Crippen LogP contribution in [0.2, 0.25) is 0 Å². The molecule has 0 unspecified atom stereocenters. The van der Waals surface area contributed by atoms with E-state index in [0.717, 1.165) is 86.3 Å². The largest absolute Gasteiger partial charge is 0.497 e.